The largest absolute Gasteiger partial charge is 0.282 e. The van der Waals surface area contributed by atoms with Gasteiger partial charge in [-0.2, -0.15) is 10.5 Å². The van der Waals surface area contributed by atoms with E-state index in [0.29, 0.717) is 16.9 Å². The standard InChI is InChI=1S/C16H7N7/c17-7-12-13(8-18)21-16-15(20-12)22-14-5-4-10(9-23(14)16)11-3-1-2-6-19-11/h1-6,9H. The number of nitriles is 2. The lowest BCUT2D eigenvalue weighted by atomic mass is 10.2. The lowest BCUT2D eigenvalue weighted by Crippen LogP contribution is -1.96. The van der Waals surface area contributed by atoms with E-state index in [1.54, 1.807) is 10.6 Å². The molecule has 0 saturated carbocycles. The fraction of sp³-hybridized carbons (Fsp3) is 0. The molecule has 0 saturated heterocycles. The molecule has 0 spiro atoms. The third kappa shape index (κ3) is 1.96. The molecule has 7 heteroatoms. The predicted octanol–water partition coefficient (Wildman–Crippen LogP) is 2.08. The quantitative estimate of drug-likeness (QED) is 0.533. The van der Waals surface area contributed by atoms with Crippen LogP contribution in [-0.4, -0.2) is 24.3 Å². The highest BCUT2D eigenvalue weighted by molar-refractivity contribution is 5.76. The molecule has 0 aliphatic rings. The van der Waals surface area contributed by atoms with Crippen molar-refractivity contribution in [3.8, 4) is 23.4 Å². The second kappa shape index (κ2) is 4.86. The Balaban J connectivity index is 2.03. The van der Waals surface area contributed by atoms with Crippen LogP contribution in [-0.2, 0) is 0 Å². The van der Waals surface area contributed by atoms with Crippen LogP contribution >= 0.6 is 0 Å². The number of imidazole rings is 1. The molecule has 0 atom stereocenters. The van der Waals surface area contributed by atoms with E-state index < -0.39 is 0 Å². The zero-order chi connectivity index (χ0) is 15.8. The molecule has 0 unspecified atom stereocenters. The van der Waals surface area contributed by atoms with Crippen LogP contribution in [0.2, 0.25) is 0 Å². The van der Waals surface area contributed by atoms with E-state index in [1.165, 1.54) is 0 Å². The first-order valence-corrected chi connectivity index (χ1v) is 6.71. The minimum Gasteiger partial charge on any atom is -0.282 e. The first-order chi connectivity index (χ1) is 11.3. The molecule has 4 rings (SSSR count). The normalized spacial score (nSPS) is 10.5. The molecular formula is C16H7N7. The second-order valence-corrected chi connectivity index (χ2v) is 4.76. The number of rotatable bonds is 1. The van der Waals surface area contributed by atoms with Gasteiger partial charge in [0.2, 0.25) is 0 Å². The van der Waals surface area contributed by atoms with Crippen molar-refractivity contribution in [2.75, 3.05) is 0 Å². The molecule has 0 bridgehead atoms. The fourth-order valence-corrected chi connectivity index (χ4v) is 2.36. The Kier molecular flexibility index (Phi) is 2.72. The van der Waals surface area contributed by atoms with E-state index in [9.17, 15) is 0 Å². The van der Waals surface area contributed by atoms with Crippen molar-refractivity contribution < 1.29 is 0 Å². The van der Waals surface area contributed by atoms with Gasteiger partial charge in [-0.3, -0.25) is 9.38 Å². The summed E-state index contributed by atoms with van der Waals surface area (Å²) in [7, 11) is 0. The number of fused-ring (bicyclic) bond motifs is 3. The zero-order valence-electron chi connectivity index (χ0n) is 11.7. The van der Waals surface area contributed by atoms with E-state index in [1.807, 2.05) is 48.7 Å². The molecule has 4 aromatic heterocycles. The topological polar surface area (TPSA) is 104 Å². The number of nitrogens with zero attached hydrogens (tertiary/aromatic N) is 7. The Bertz CT molecular complexity index is 1130. The Labute approximate surface area is 130 Å². The maximum absolute atomic E-state index is 9.11. The number of pyridine rings is 2. The molecule has 0 N–H and O–H groups in total. The van der Waals surface area contributed by atoms with Crippen molar-refractivity contribution in [1.82, 2.24) is 24.3 Å². The summed E-state index contributed by atoms with van der Waals surface area (Å²) in [5, 5.41) is 18.1. The van der Waals surface area contributed by atoms with Gasteiger partial charge in [-0.15, -0.1) is 0 Å². The van der Waals surface area contributed by atoms with Gasteiger partial charge in [0, 0.05) is 18.0 Å². The summed E-state index contributed by atoms with van der Waals surface area (Å²) in [6, 6.07) is 13.1. The number of hydrogen-bond donors (Lipinski definition) is 0. The molecule has 4 heterocycles. The van der Waals surface area contributed by atoms with E-state index in [2.05, 4.69) is 19.9 Å². The van der Waals surface area contributed by atoms with Crippen LogP contribution < -0.4 is 0 Å². The lowest BCUT2D eigenvalue weighted by Gasteiger charge is -2.02. The van der Waals surface area contributed by atoms with E-state index >= 15 is 0 Å². The molecule has 4 aromatic rings. The summed E-state index contributed by atoms with van der Waals surface area (Å²) >= 11 is 0. The third-order valence-electron chi connectivity index (χ3n) is 3.41. The van der Waals surface area contributed by atoms with Crippen LogP contribution in [0.25, 0.3) is 28.2 Å². The van der Waals surface area contributed by atoms with Gasteiger partial charge >= 0.3 is 0 Å². The van der Waals surface area contributed by atoms with Gasteiger partial charge in [-0.1, -0.05) is 6.07 Å². The van der Waals surface area contributed by atoms with Crippen molar-refractivity contribution in [2.24, 2.45) is 0 Å². The summed E-state index contributed by atoms with van der Waals surface area (Å²) in [5.74, 6) is 0. The van der Waals surface area contributed by atoms with Crippen LogP contribution in [0.4, 0.5) is 0 Å². The van der Waals surface area contributed by atoms with Crippen molar-refractivity contribution in [2.45, 2.75) is 0 Å². The van der Waals surface area contributed by atoms with Crippen molar-refractivity contribution in [3.63, 3.8) is 0 Å². The molecule has 106 valence electrons. The minimum atomic E-state index is -0.0200. The third-order valence-corrected chi connectivity index (χ3v) is 3.41. The second-order valence-electron chi connectivity index (χ2n) is 4.76. The molecule has 0 radical (unpaired) electrons. The van der Waals surface area contributed by atoms with Crippen LogP contribution in [0.1, 0.15) is 11.4 Å². The van der Waals surface area contributed by atoms with Crippen LogP contribution in [0.15, 0.2) is 42.7 Å². The average molecular weight is 297 g/mol. The molecule has 0 aliphatic heterocycles. The first kappa shape index (κ1) is 12.9. The number of aromatic nitrogens is 5. The Hall–Kier alpha value is -3.84. The van der Waals surface area contributed by atoms with Crippen molar-refractivity contribution in [3.05, 3.63) is 54.1 Å². The summed E-state index contributed by atoms with van der Waals surface area (Å²) in [6.07, 6.45) is 3.56. The molecular weight excluding hydrogens is 290 g/mol. The number of hydrogen-bond acceptors (Lipinski definition) is 6. The zero-order valence-corrected chi connectivity index (χ0v) is 11.7. The molecule has 7 nitrogen and oxygen atoms in total. The van der Waals surface area contributed by atoms with Gasteiger partial charge < -0.3 is 0 Å². The molecule has 0 aliphatic carbocycles. The molecule has 0 fully saturated rings. The predicted molar refractivity (Wildman–Crippen MR) is 80.9 cm³/mol. The summed E-state index contributed by atoms with van der Waals surface area (Å²) in [6.45, 7) is 0. The van der Waals surface area contributed by atoms with E-state index in [-0.39, 0.29) is 11.4 Å². The van der Waals surface area contributed by atoms with Crippen LogP contribution in [0.3, 0.4) is 0 Å². The minimum absolute atomic E-state index is 0.00922. The fourth-order valence-electron chi connectivity index (χ4n) is 2.36. The van der Waals surface area contributed by atoms with Crippen LogP contribution in [0.5, 0.6) is 0 Å². The van der Waals surface area contributed by atoms with Gasteiger partial charge in [-0.25, -0.2) is 15.0 Å². The summed E-state index contributed by atoms with van der Waals surface area (Å²) in [4.78, 5) is 17.0. The maximum atomic E-state index is 9.11. The van der Waals surface area contributed by atoms with Gasteiger partial charge in [0.05, 0.1) is 5.69 Å². The summed E-state index contributed by atoms with van der Waals surface area (Å²) < 4.78 is 1.74. The van der Waals surface area contributed by atoms with Crippen molar-refractivity contribution >= 4 is 16.9 Å². The molecule has 23 heavy (non-hydrogen) atoms. The van der Waals surface area contributed by atoms with Gasteiger partial charge in [-0.05, 0) is 24.3 Å². The first-order valence-electron chi connectivity index (χ1n) is 6.71. The maximum Gasteiger partial charge on any atom is 0.199 e. The highest BCUT2D eigenvalue weighted by Crippen LogP contribution is 2.21. The molecule has 0 amide bonds. The monoisotopic (exact) mass is 297 g/mol. The Morgan fingerprint density at radius 3 is 2.48 bits per heavy atom. The average Bonchev–Trinajstić information content (AvgIpc) is 2.97. The highest BCUT2D eigenvalue weighted by atomic mass is 15.1. The highest BCUT2D eigenvalue weighted by Gasteiger charge is 2.14. The van der Waals surface area contributed by atoms with Gasteiger partial charge in [0.1, 0.15) is 17.8 Å². The smallest absolute Gasteiger partial charge is 0.199 e. The van der Waals surface area contributed by atoms with Gasteiger partial charge in [0.25, 0.3) is 0 Å². The van der Waals surface area contributed by atoms with E-state index in [0.717, 1.165) is 11.3 Å². The molecule has 0 aromatic carbocycles. The van der Waals surface area contributed by atoms with Crippen molar-refractivity contribution in [1.29, 1.82) is 10.5 Å². The SMILES string of the molecule is N#Cc1nc2nc3ccc(-c4ccccn4)cn3c2nc1C#N. The lowest BCUT2D eigenvalue weighted by molar-refractivity contribution is 1.14. The van der Waals surface area contributed by atoms with E-state index in [4.69, 9.17) is 10.5 Å². The Morgan fingerprint density at radius 1 is 0.913 bits per heavy atom. The Morgan fingerprint density at radius 2 is 1.74 bits per heavy atom. The summed E-state index contributed by atoms with van der Waals surface area (Å²) in [5.41, 5.74) is 3.09. The van der Waals surface area contributed by atoms with Gasteiger partial charge in [0.15, 0.2) is 22.7 Å². The van der Waals surface area contributed by atoms with Crippen LogP contribution in [0, 0.1) is 22.7 Å².